The van der Waals surface area contributed by atoms with E-state index in [2.05, 4.69) is 0 Å². The second-order valence-corrected chi connectivity index (χ2v) is 12.9. The van der Waals surface area contributed by atoms with E-state index < -0.39 is 26.0 Å². The fraction of sp³-hybridized carbons (Fsp3) is 1.00. The quantitative estimate of drug-likeness (QED) is 0.315. The zero-order chi connectivity index (χ0) is 16.1. The maximum atomic E-state index is 5.99. The van der Waals surface area contributed by atoms with E-state index in [9.17, 15) is 0 Å². The van der Waals surface area contributed by atoms with Crippen LogP contribution in [-0.4, -0.2) is 20.0 Å². The molecule has 13 heteroatoms. The van der Waals surface area contributed by atoms with Crippen molar-refractivity contribution in [1.29, 1.82) is 0 Å². The van der Waals surface area contributed by atoms with Crippen molar-refractivity contribution in [2.45, 2.75) is 20.0 Å². The van der Waals surface area contributed by atoms with E-state index >= 15 is 0 Å². The van der Waals surface area contributed by atoms with E-state index in [0.29, 0.717) is 0 Å². The average Bonchev–Trinajstić information content (AvgIpc) is 1.92. The third-order valence-electron chi connectivity index (χ3n) is 1.79. The molecule has 0 unspecified atom stereocenters. The molecule has 0 rings (SSSR count). The van der Waals surface area contributed by atoms with Crippen LogP contribution in [0.2, 0.25) is 0 Å². The smallest absolute Gasteiger partial charge is 0.0975 e. The summed E-state index contributed by atoms with van der Waals surface area (Å²) in [4.78, 5) is 0. The molecule has 116 valence electrons. The van der Waals surface area contributed by atoms with Gasteiger partial charge in [-0.25, -0.2) is 0 Å². The van der Waals surface area contributed by atoms with Crippen LogP contribution in [0.3, 0.4) is 0 Å². The second-order valence-electron chi connectivity index (χ2n) is 3.21. The Bertz CT molecular complexity index is 299. The molecule has 0 aliphatic heterocycles. The molecule has 0 atom stereocenters. The topological polar surface area (TPSA) is 0 Å². The third kappa shape index (κ3) is 5.38. The van der Waals surface area contributed by atoms with E-state index in [1.807, 2.05) is 0 Å². The van der Waals surface area contributed by atoms with Crippen LogP contribution < -0.4 is 0 Å². The summed E-state index contributed by atoms with van der Waals surface area (Å²) in [6, 6.07) is 0. The Kier molecular flexibility index (Phi) is 8.32. The lowest BCUT2D eigenvalue weighted by Gasteiger charge is -2.46. The highest BCUT2D eigenvalue weighted by atomic mass is 35.6. The molecule has 19 heavy (non-hydrogen) atoms. The van der Waals surface area contributed by atoms with Crippen LogP contribution in [0, 0.1) is 5.92 Å². The molecule has 0 radical (unpaired) electrons. The molecule has 0 saturated heterocycles. The van der Waals surface area contributed by atoms with Crippen LogP contribution in [0.5, 0.6) is 0 Å². The third-order valence-corrected chi connectivity index (χ3v) is 7.09. The molecule has 0 aromatic heterocycles. The van der Waals surface area contributed by atoms with Gasteiger partial charge in [-0.05, 0) is 0 Å². The van der Waals surface area contributed by atoms with Gasteiger partial charge in [-0.3, -0.25) is 0 Å². The zero-order valence-electron chi connectivity index (χ0n) is 7.99. The number of rotatable bonds is 2. The molecular formula is C6HCl13. The minimum absolute atomic E-state index is 1.74. The first-order chi connectivity index (χ1) is 7.87. The first-order valence-electron chi connectivity index (χ1n) is 3.82. The molecule has 0 N–H and O–H groups in total. The Morgan fingerprint density at radius 3 is 0.895 bits per heavy atom. The van der Waals surface area contributed by atoms with Gasteiger partial charge in [0.1, 0.15) is 0 Å². The van der Waals surface area contributed by atoms with Crippen molar-refractivity contribution in [3.8, 4) is 0 Å². The molecule has 0 aliphatic rings. The summed E-state index contributed by atoms with van der Waals surface area (Å²) in [7, 11) is 0. The molecule has 0 aliphatic carbocycles. The number of hydrogen-bond acceptors (Lipinski definition) is 0. The van der Waals surface area contributed by atoms with E-state index in [4.69, 9.17) is 151 Å². The predicted molar refractivity (Wildman–Crippen MR) is 93.2 cm³/mol. The summed E-state index contributed by atoms with van der Waals surface area (Å²) < 4.78 is -11.8. The number of hydrogen-bond donors (Lipinski definition) is 0. The van der Waals surface area contributed by atoms with Gasteiger partial charge < -0.3 is 0 Å². The van der Waals surface area contributed by atoms with Crippen molar-refractivity contribution in [1.82, 2.24) is 0 Å². The summed E-state index contributed by atoms with van der Waals surface area (Å²) in [6.07, 6.45) is 0. The number of alkyl halides is 13. The Morgan fingerprint density at radius 2 is 0.737 bits per heavy atom. The van der Waals surface area contributed by atoms with Gasteiger partial charge >= 0.3 is 0 Å². The molecule has 0 aromatic rings. The van der Waals surface area contributed by atoms with E-state index in [1.165, 1.54) is 0 Å². The van der Waals surface area contributed by atoms with Crippen molar-refractivity contribution < 1.29 is 0 Å². The lowest BCUT2D eigenvalue weighted by atomic mass is 10.0. The van der Waals surface area contributed by atoms with Crippen molar-refractivity contribution in [3.63, 3.8) is 0 Å². The molecule has 0 spiro atoms. The van der Waals surface area contributed by atoms with Gasteiger partial charge in [-0.1, -0.05) is 151 Å². The summed E-state index contributed by atoms with van der Waals surface area (Å²) in [5, 5.41) is 0. The van der Waals surface area contributed by atoms with Gasteiger partial charge in [-0.15, -0.1) is 0 Å². The summed E-state index contributed by atoms with van der Waals surface area (Å²) >= 11 is 74.6. The van der Waals surface area contributed by atoms with E-state index in [-0.39, 0.29) is 0 Å². The highest BCUT2D eigenvalue weighted by Gasteiger charge is 2.70. The first kappa shape index (κ1) is 22.8. The average molecular weight is 534 g/mol. The van der Waals surface area contributed by atoms with Crippen LogP contribution in [0.15, 0.2) is 0 Å². The van der Waals surface area contributed by atoms with Crippen LogP contribution in [0.1, 0.15) is 0 Å². The lowest BCUT2D eigenvalue weighted by molar-refractivity contribution is 0.439. The zero-order valence-corrected chi connectivity index (χ0v) is 17.8. The molecule has 0 heterocycles. The van der Waals surface area contributed by atoms with Crippen molar-refractivity contribution >= 4 is 151 Å². The fourth-order valence-electron chi connectivity index (χ4n) is 0.967. The van der Waals surface area contributed by atoms with Gasteiger partial charge in [0.15, 0.2) is 16.3 Å². The Labute approximate surface area is 175 Å². The summed E-state index contributed by atoms with van der Waals surface area (Å²) in [6.45, 7) is 0. The molecular weight excluding hydrogens is 533 g/mol. The summed E-state index contributed by atoms with van der Waals surface area (Å²) in [5.74, 6) is -1.74. The largest absolute Gasteiger partial charge is 0.226 e. The highest BCUT2D eigenvalue weighted by Crippen LogP contribution is 2.66. The minimum atomic E-state index is -2.47. The minimum Gasteiger partial charge on any atom is -0.0975 e. The van der Waals surface area contributed by atoms with Gasteiger partial charge in [0.25, 0.3) is 0 Å². The maximum absolute atomic E-state index is 5.99. The van der Waals surface area contributed by atoms with Crippen LogP contribution in [-0.2, 0) is 0 Å². The van der Waals surface area contributed by atoms with Gasteiger partial charge in [-0.2, -0.15) is 0 Å². The fourth-order valence-corrected chi connectivity index (χ4v) is 6.00. The SMILES string of the molecule is ClC(Cl)(Cl)C(C(Cl)(Cl)Cl)C(Cl)(Cl)C(Cl)(Cl)C(Cl)(Cl)Cl. The molecule has 0 fully saturated rings. The van der Waals surface area contributed by atoms with E-state index in [0.717, 1.165) is 0 Å². The van der Waals surface area contributed by atoms with E-state index in [1.54, 1.807) is 0 Å². The number of halogens is 13. The van der Waals surface area contributed by atoms with Crippen LogP contribution in [0.25, 0.3) is 0 Å². The van der Waals surface area contributed by atoms with Crippen LogP contribution in [0.4, 0.5) is 0 Å². The Hall–Kier alpha value is 3.77. The highest BCUT2D eigenvalue weighted by molar-refractivity contribution is 6.80. The maximum Gasteiger partial charge on any atom is 0.226 e. The molecule has 0 aromatic carbocycles. The first-order valence-corrected chi connectivity index (χ1v) is 8.74. The van der Waals surface area contributed by atoms with Gasteiger partial charge in [0.2, 0.25) is 3.79 Å². The predicted octanol–water partition coefficient (Wildman–Crippen LogP) is 8.06. The Balaban J connectivity index is 5.97. The van der Waals surface area contributed by atoms with Crippen molar-refractivity contribution in [2.24, 2.45) is 5.92 Å². The van der Waals surface area contributed by atoms with Crippen molar-refractivity contribution in [2.75, 3.05) is 0 Å². The second kappa shape index (κ2) is 6.95. The standard InChI is InChI=1S/C6HCl13/c7-2(8,5(15,16)6(17,18)19)1(3(9,10)11)4(12,13)14/h1H. The summed E-state index contributed by atoms with van der Waals surface area (Å²) in [5.41, 5.74) is 0. The molecule has 0 bridgehead atoms. The van der Waals surface area contributed by atoms with Gasteiger partial charge in [0.05, 0.1) is 5.92 Å². The normalized spacial score (nSPS) is 16.1. The lowest BCUT2D eigenvalue weighted by Crippen LogP contribution is -2.58. The van der Waals surface area contributed by atoms with Crippen LogP contribution >= 0.6 is 151 Å². The molecule has 0 saturated carbocycles. The monoisotopic (exact) mass is 528 g/mol. The van der Waals surface area contributed by atoms with Gasteiger partial charge in [0, 0.05) is 0 Å². The van der Waals surface area contributed by atoms with Crippen molar-refractivity contribution in [3.05, 3.63) is 0 Å². The Morgan fingerprint density at radius 1 is 0.474 bits per heavy atom. The molecule has 0 nitrogen and oxygen atoms in total. The molecule has 0 amide bonds.